The molecule has 0 aromatic carbocycles. The topological polar surface area (TPSA) is 27.7 Å². The SMILES string of the molecule is CCOC1C(Cl)CC1OCC1CCOC1. The van der Waals surface area contributed by atoms with Crippen LogP contribution in [-0.2, 0) is 14.2 Å². The molecule has 4 unspecified atom stereocenters. The van der Waals surface area contributed by atoms with Crippen LogP contribution in [0.3, 0.4) is 0 Å². The van der Waals surface area contributed by atoms with E-state index in [1.807, 2.05) is 6.92 Å². The standard InChI is InChI=1S/C11H19ClO3/c1-2-14-11-9(12)5-10(11)15-7-8-3-4-13-6-8/h8-11H,2-7H2,1H3. The summed E-state index contributed by atoms with van der Waals surface area (Å²) in [4.78, 5) is 0. The molecule has 0 aromatic rings. The van der Waals surface area contributed by atoms with Gasteiger partial charge in [-0.1, -0.05) is 0 Å². The number of ether oxygens (including phenoxy) is 3. The van der Waals surface area contributed by atoms with Gasteiger partial charge in [0, 0.05) is 19.1 Å². The van der Waals surface area contributed by atoms with Gasteiger partial charge in [0.15, 0.2) is 0 Å². The second kappa shape index (κ2) is 5.48. The molecule has 2 fully saturated rings. The summed E-state index contributed by atoms with van der Waals surface area (Å²) < 4.78 is 16.6. The van der Waals surface area contributed by atoms with Crippen LogP contribution in [0.25, 0.3) is 0 Å². The number of hydrogen-bond donors (Lipinski definition) is 0. The molecule has 4 atom stereocenters. The van der Waals surface area contributed by atoms with Crippen molar-refractivity contribution in [2.24, 2.45) is 5.92 Å². The zero-order valence-electron chi connectivity index (χ0n) is 9.15. The summed E-state index contributed by atoms with van der Waals surface area (Å²) in [5.41, 5.74) is 0. The van der Waals surface area contributed by atoms with Crippen molar-refractivity contribution >= 4 is 11.6 Å². The molecule has 0 radical (unpaired) electrons. The monoisotopic (exact) mass is 234 g/mol. The molecule has 0 amide bonds. The first-order valence-corrected chi connectivity index (χ1v) is 6.20. The molecule has 1 saturated heterocycles. The van der Waals surface area contributed by atoms with Crippen LogP contribution >= 0.6 is 11.6 Å². The largest absolute Gasteiger partial charge is 0.381 e. The number of hydrogen-bond acceptors (Lipinski definition) is 3. The zero-order chi connectivity index (χ0) is 10.7. The van der Waals surface area contributed by atoms with Crippen LogP contribution in [0.2, 0.25) is 0 Å². The van der Waals surface area contributed by atoms with Crippen molar-refractivity contribution in [3.63, 3.8) is 0 Å². The maximum absolute atomic E-state index is 6.05. The van der Waals surface area contributed by atoms with Crippen molar-refractivity contribution in [3.05, 3.63) is 0 Å². The van der Waals surface area contributed by atoms with Gasteiger partial charge in [0.2, 0.25) is 0 Å². The molecule has 3 nitrogen and oxygen atoms in total. The predicted molar refractivity (Wildman–Crippen MR) is 58.3 cm³/mol. The van der Waals surface area contributed by atoms with Gasteiger partial charge in [-0.2, -0.15) is 0 Å². The molecule has 88 valence electrons. The second-order valence-electron chi connectivity index (χ2n) is 4.27. The number of rotatable bonds is 5. The van der Waals surface area contributed by atoms with Crippen molar-refractivity contribution in [2.75, 3.05) is 26.4 Å². The molecule has 1 heterocycles. The molecular formula is C11H19ClO3. The molecule has 0 spiro atoms. The van der Waals surface area contributed by atoms with Crippen molar-refractivity contribution in [2.45, 2.75) is 37.4 Å². The Balaban J connectivity index is 1.66. The number of alkyl halides is 1. The third kappa shape index (κ3) is 2.84. The predicted octanol–water partition coefficient (Wildman–Crippen LogP) is 1.82. The Hall–Kier alpha value is 0.170. The van der Waals surface area contributed by atoms with E-state index in [2.05, 4.69) is 0 Å². The molecule has 0 aromatic heterocycles. The van der Waals surface area contributed by atoms with E-state index in [1.54, 1.807) is 0 Å². The van der Waals surface area contributed by atoms with Crippen LogP contribution in [0.15, 0.2) is 0 Å². The van der Waals surface area contributed by atoms with Gasteiger partial charge in [-0.15, -0.1) is 11.6 Å². The van der Waals surface area contributed by atoms with E-state index in [4.69, 9.17) is 25.8 Å². The first kappa shape index (κ1) is 11.6. The van der Waals surface area contributed by atoms with E-state index >= 15 is 0 Å². The fourth-order valence-electron chi connectivity index (χ4n) is 2.07. The lowest BCUT2D eigenvalue weighted by Crippen LogP contribution is -2.51. The molecule has 0 bridgehead atoms. The molecule has 4 heteroatoms. The van der Waals surface area contributed by atoms with Gasteiger partial charge >= 0.3 is 0 Å². The Kier molecular flexibility index (Phi) is 4.26. The van der Waals surface area contributed by atoms with Crippen LogP contribution in [0.1, 0.15) is 19.8 Å². The van der Waals surface area contributed by atoms with E-state index < -0.39 is 0 Å². The Morgan fingerprint density at radius 3 is 2.87 bits per heavy atom. The van der Waals surface area contributed by atoms with Crippen LogP contribution in [-0.4, -0.2) is 44.0 Å². The molecule has 0 N–H and O–H groups in total. The summed E-state index contributed by atoms with van der Waals surface area (Å²) in [5.74, 6) is 0.571. The summed E-state index contributed by atoms with van der Waals surface area (Å²) in [5, 5.41) is 0.134. The van der Waals surface area contributed by atoms with E-state index in [1.165, 1.54) is 0 Å². The molecule has 1 saturated carbocycles. The highest BCUT2D eigenvalue weighted by atomic mass is 35.5. The van der Waals surface area contributed by atoms with Gasteiger partial charge < -0.3 is 14.2 Å². The normalized spacial score (nSPS) is 40.4. The Morgan fingerprint density at radius 2 is 2.27 bits per heavy atom. The minimum absolute atomic E-state index is 0.0963. The van der Waals surface area contributed by atoms with Crippen LogP contribution in [0.4, 0.5) is 0 Å². The van der Waals surface area contributed by atoms with Crippen molar-refractivity contribution in [1.29, 1.82) is 0 Å². The second-order valence-corrected chi connectivity index (χ2v) is 4.83. The third-order valence-corrected chi connectivity index (χ3v) is 3.54. The van der Waals surface area contributed by atoms with Crippen molar-refractivity contribution in [1.82, 2.24) is 0 Å². The summed E-state index contributed by atoms with van der Waals surface area (Å²) in [6.07, 6.45) is 2.34. The minimum Gasteiger partial charge on any atom is -0.381 e. The van der Waals surface area contributed by atoms with Crippen LogP contribution < -0.4 is 0 Å². The van der Waals surface area contributed by atoms with E-state index in [0.29, 0.717) is 12.5 Å². The van der Waals surface area contributed by atoms with Crippen molar-refractivity contribution in [3.8, 4) is 0 Å². The first-order valence-electron chi connectivity index (χ1n) is 5.76. The van der Waals surface area contributed by atoms with Gasteiger partial charge in [0.25, 0.3) is 0 Å². The summed E-state index contributed by atoms with van der Waals surface area (Å²) in [6, 6.07) is 0. The summed E-state index contributed by atoms with van der Waals surface area (Å²) in [6.45, 7) is 5.21. The van der Waals surface area contributed by atoms with Crippen molar-refractivity contribution < 1.29 is 14.2 Å². The molecule has 1 aliphatic carbocycles. The lowest BCUT2D eigenvalue weighted by Gasteiger charge is -2.40. The van der Waals surface area contributed by atoms with Gasteiger partial charge in [-0.25, -0.2) is 0 Å². The lowest BCUT2D eigenvalue weighted by molar-refractivity contribution is -0.128. The highest BCUT2D eigenvalue weighted by Gasteiger charge is 2.41. The van der Waals surface area contributed by atoms with Gasteiger partial charge in [0.05, 0.1) is 24.7 Å². The Labute approximate surface area is 96.0 Å². The van der Waals surface area contributed by atoms with Gasteiger partial charge in [-0.3, -0.25) is 0 Å². The minimum atomic E-state index is 0.0963. The fraction of sp³-hybridized carbons (Fsp3) is 1.00. The molecular weight excluding hydrogens is 216 g/mol. The zero-order valence-corrected chi connectivity index (χ0v) is 9.91. The van der Waals surface area contributed by atoms with E-state index in [0.717, 1.165) is 32.7 Å². The smallest absolute Gasteiger partial charge is 0.100 e. The quantitative estimate of drug-likeness (QED) is 0.680. The highest BCUT2D eigenvalue weighted by molar-refractivity contribution is 6.21. The highest BCUT2D eigenvalue weighted by Crippen LogP contribution is 2.32. The first-order chi connectivity index (χ1) is 7.31. The number of halogens is 1. The molecule has 2 aliphatic rings. The van der Waals surface area contributed by atoms with Gasteiger partial charge in [0.1, 0.15) is 6.10 Å². The van der Waals surface area contributed by atoms with Gasteiger partial charge in [-0.05, 0) is 19.8 Å². The van der Waals surface area contributed by atoms with E-state index in [-0.39, 0.29) is 17.6 Å². The molecule has 2 rings (SSSR count). The molecule has 1 aliphatic heterocycles. The third-order valence-electron chi connectivity index (χ3n) is 3.11. The lowest BCUT2D eigenvalue weighted by atomic mass is 9.91. The fourth-order valence-corrected chi connectivity index (χ4v) is 2.48. The summed E-state index contributed by atoms with van der Waals surface area (Å²) >= 11 is 6.05. The average Bonchev–Trinajstić information content (AvgIpc) is 2.73. The Bertz CT molecular complexity index is 194. The average molecular weight is 235 g/mol. The maximum Gasteiger partial charge on any atom is 0.100 e. The maximum atomic E-state index is 6.05. The van der Waals surface area contributed by atoms with Crippen LogP contribution in [0.5, 0.6) is 0 Å². The van der Waals surface area contributed by atoms with E-state index in [9.17, 15) is 0 Å². The van der Waals surface area contributed by atoms with Crippen LogP contribution in [0, 0.1) is 5.92 Å². The Morgan fingerprint density at radius 1 is 1.40 bits per heavy atom. The summed E-state index contributed by atoms with van der Waals surface area (Å²) in [7, 11) is 0. The molecule has 15 heavy (non-hydrogen) atoms.